The number of fused-ring (bicyclic) bond motifs is 3. The van der Waals surface area contributed by atoms with Crippen molar-refractivity contribution in [2.24, 2.45) is 5.92 Å². The number of hydrogen-bond donors (Lipinski definition) is 2. The molecule has 2 aliphatic rings. The lowest BCUT2D eigenvalue weighted by molar-refractivity contribution is 0.0920. The van der Waals surface area contributed by atoms with Crippen molar-refractivity contribution in [2.75, 3.05) is 6.54 Å². The van der Waals surface area contributed by atoms with E-state index in [4.69, 9.17) is 0 Å². The van der Waals surface area contributed by atoms with Crippen LogP contribution in [-0.4, -0.2) is 38.9 Å². The highest BCUT2D eigenvalue weighted by molar-refractivity contribution is 5.93. The van der Waals surface area contributed by atoms with Crippen LogP contribution in [0.4, 0.5) is 0 Å². The summed E-state index contributed by atoms with van der Waals surface area (Å²) in [5, 5.41) is 6.54. The number of imidazole rings is 1. The molecular weight excluding hydrogens is 242 g/mol. The first kappa shape index (κ1) is 10.9. The molecule has 19 heavy (non-hydrogen) atoms. The Balaban J connectivity index is 1.53. The first-order chi connectivity index (χ1) is 9.29. The Morgan fingerprint density at radius 1 is 1.42 bits per heavy atom. The van der Waals surface area contributed by atoms with E-state index in [-0.39, 0.29) is 11.9 Å². The molecule has 4 rings (SSSR count). The zero-order valence-electron chi connectivity index (χ0n) is 10.4. The van der Waals surface area contributed by atoms with Crippen molar-refractivity contribution in [3.05, 3.63) is 30.5 Å². The Labute approximate surface area is 110 Å². The molecule has 0 aromatic carbocycles. The second kappa shape index (κ2) is 4.03. The highest BCUT2D eigenvalue weighted by atomic mass is 16.1. The van der Waals surface area contributed by atoms with Crippen LogP contribution in [0.3, 0.4) is 0 Å². The molecule has 98 valence electrons. The van der Waals surface area contributed by atoms with Gasteiger partial charge in [0.15, 0.2) is 0 Å². The topological polar surface area (TPSA) is 71.3 Å². The van der Waals surface area contributed by atoms with Crippen LogP contribution in [0, 0.1) is 5.92 Å². The Kier molecular flexibility index (Phi) is 2.32. The van der Waals surface area contributed by atoms with Crippen molar-refractivity contribution in [3.63, 3.8) is 0 Å². The van der Waals surface area contributed by atoms with Crippen molar-refractivity contribution < 1.29 is 4.79 Å². The Morgan fingerprint density at radius 3 is 3.16 bits per heavy atom. The summed E-state index contributed by atoms with van der Waals surface area (Å²) in [7, 11) is 0. The highest BCUT2D eigenvalue weighted by Gasteiger charge is 2.40. The molecule has 0 radical (unpaired) electrons. The summed E-state index contributed by atoms with van der Waals surface area (Å²) in [6.45, 7) is 1.02. The predicted octanol–water partition coefficient (Wildman–Crippen LogP) is 0.209. The van der Waals surface area contributed by atoms with Gasteiger partial charge in [0.2, 0.25) is 0 Å². The van der Waals surface area contributed by atoms with E-state index in [1.807, 2.05) is 6.20 Å². The number of aromatic nitrogens is 3. The lowest BCUT2D eigenvalue weighted by Crippen LogP contribution is -2.44. The lowest BCUT2D eigenvalue weighted by Gasteiger charge is -2.23. The maximum atomic E-state index is 12.2. The maximum Gasteiger partial charge on any atom is 0.270 e. The molecule has 3 heterocycles. The summed E-state index contributed by atoms with van der Waals surface area (Å²) in [6, 6.07) is 2.59. The second-order valence-electron chi connectivity index (χ2n) is 5.38. The van der Waals surface area contributed by atoms with Crippen LogP contribution >= 0.6 is 0 Å². The van der Waals surface area contributed by atoms with Crippen LogP contribution in [-0.2, 0) is 0 Å². The van der Waals surface area contributed by atoms with Crippen molar-refractivity contribution in [1.29, 1.82) is 0 Å². The molecule has 1 saturated heterocycles. The molecule has 0 spiro atoms. The van der Waals surface area contributed by atoms with Crippen molar-refractivity contribution in [2.45, 2.75) is 24.9 Å². The maximum absolute atomic E-state index is 12.2. The summed E-state index contributed by atoms with van der Waals surface area (Å²) in [6.07, 6.45) is 7.34. The fourth-order valence-corrected chi connectivity index (χ4v) is 3.20. The van der Waals surface area contributed by atoms with Gasteiger partial charge in [0.1, 0.15) is 17.7 Å². The number of carbonyl (C=O) groups is 1. The first-order valence-electron chi connectivity index (χ1n) is 6.62. The van der Waals surface area contributed by atoms with E-state index in [1.54, 1.807) is 23.0 Å². The van der Waals surface area contributed by atoms with Crippen molar-refractivity contribution >= 4 is 11.6 Å². The zero-order chi connectivity index (χ0) is 12.8. The molecule has 2 fully saturated rings. The molecule has 1 saturated carbocycles. The van der Waals surface area contributed by atoms with Gasteiger partial charge in [0.25, 0.3) is 5.91 Å². The number of hydrogen-bond acceptors (Lipinski definition) is 4. The molecule has 2 aromatic heterocycles. The number of rotatable bonds is 2. The fourth-order valence-electron chi connectivity index (χ4n) is 3.20. The van der Waals surface area contributed by atoms with Crippen LogP contribution in [0.5, 0.6) is 0 Å². The third-order valence-electron chi connectivity index (χ3n) is 4.20. The molecule has 6 nitrogen and oxygen atoms in total. The monoisotopic (exact) mass is 257 g/mol. The number of nitrogens with zero attached hydrogens (tertiary/aromatic N) is 3. The van der Waals surface area contributed by atoms with Gasteiger partial charge >= 0.3 is 0 Å². The van der Waals surface area contributed by atoms with Gasteiger partial charge in [-0.15, -0.1) is 0 Å². The number of piperidine rings is 1. The standard InChI is InChI=1S/C13H15N5O/c19-13(17-10-4-9-3-8(10)6-15-9)11-5-12-14-1-2-18(12)7-16-11/h1-2,5,7-10,15H,3-4,6H2,(H,17,19). The van der Waals surface area contributed by atoms with Crippen molar-refractivity contribution in [3.8, 4) is 0 Å². The Hall–Kier alpha value is -1.95. The largest absolute Gasteiger partial charge is 0.348 e. The molecule has 1 aliphatic heterocycles. The van der Waals surface area contributed by atoms with E-state index in [9.17, 15) is 4.79 Å². The van der Waals surface area contributed by atoms with Gasteiger partial charge < -0.3 is 10.6 Å². The fraction of sp³-hybridized carbons (Fsp3) is 0.462. The van der Waals surface area contributed by atoms with Gasteiger partial charge in [-0.25, -0.2) is 9.97 Å². The van der Waals surface area contributed by atoms with Crippen LogP contribution < -0.4 is 10.6 Å². The average Bonchev–Trinajstić information content (AvgIpc) is 3.13. The summed E-state index contributed by atoms with van der Waals surface area (Å²) < 4.78 is 1.79. The van der Waals surface area contributed by atoms with Crippen molar-refractivity contribution in [1.82, 2.24) is 25.0 Å². The predicted molar refractivity (Wildman–Crippen MR) is 68.8 cm³/mol. The van der Waals surface area contributed by atoms with E-state index in [0.29, 0.717) is 17.7 Å². The van der Waals surface area contributed by atoms with E-state index in [1.165, 1.54) is 6.42 Å². The zero-order valence-corrected chi connectivity index (χ0v) is 10.4. The summed E-state index contributed by atoms with van der Waals surface area (Å²) in [5.74, 6) is 0.479. The van der Waals surface area contributed by atoms with Crippen LogP contribution in [0.1, 0.15) is 23.3 Å². The van der Waals surface area contributed by atoms with E-state index >= 15 is 0 Å². The number of nitrogens with one attached hydrogen (secondary N) is 2. The number of amides is 1. The van der Waals surface area contributed by atoms with Gasteiger partial charge in [0, 0.05) is 37.1 Å². The minimum atomic E-state index is -0.0944. The summed E-state index contributed by atoms with van der Waals surface area (Å²) in [5.41, 5.74) is 1.18. The lowest BCUT2D eigenvalue weighted by atomic mass is 10.0. The Bertz CT molecular complexity index is 637. The first-order valence-corrected chi connectivity index (χ1v) is 6.62. The Morgan fingerprint density at radius 2 is 2.37 bits per heavy atom. The third-order valence-corrected chi connectivity index (χ3v) is 4.20. The quantitative estimate of drug-likeness (QED) is 0.807. The molecular formula is C13H15N5O. The third kappa shape index (κ3) is 1.79. The molecule has 2 aromatic rings. The normalized spacial score (nSPS) is 28.9. The summed E-state index contributed by atoms with van der Waals surface area (Å²) >= 11 is 0. The van der Waals surface area contributed by atoms with Gasteiger partial charge in [-0.2, -0.15) is 0 Å². The van der Waals surface area contributed by atoms with Gasteiger partial charge in [-0.1, -0.05) is 0 Å². The molecule has 3 unspecified atom stereocenters. The van der Waals surface area contributed by atoms with Gasteiger partial charge in [-0.3, -0.25) is 9.20 Å². The van der Waals surface area contributed by atoms with E-state index in [2.05, 4.69) is 20.6 Å². The molecule has 3 atom stereocenters. The average molecular weight is 257 g/mol. The number of carbonyl (C=O) groups excluding carboxylic acids is 1. The molecule has 1 amide bonds. The molecule has 2 bridgehead atoms. The SMILES string of the molecule is O=C(NC1CC2CC1CN2)c1cc2nccn2cn1. The minimum Gasteiger partial charge on any atom is -0.348 e. The van der Waals surface area contributed by atoms with Crippen LogP contribution in [0.15, 0.2) is 24.8 Å². The van der Waals surface area contributed by atoms with E-state index in [0.717, 1.165) is 18.6 Å². The van der Waals surface area contributed by atoms with Crippen LogP contribution in [0.25, 0.3) is 5.65 Å². The smallest absolute Gasteiger partial charge is 0.270 e. The highest BCUT2D eigenvalue weighted by Crippen LogP contribution is 2.31. The molecule has 6 heteroatoms. The molecule has 1 aliphatic carbocycles. The van der Waals surface area contributed by atoms with Crippen LogP contribution in [0.2, 0.25) is 0 Å². The van der Waals surface area contributed by atoms with Gasteiger partial charge in [0.05, 0.1) is 0 Å². The van der Waals surface area contributed by atoms with E-state index < -0.39 is 0 Å². The van der Waals surface area contributed by atoms with Gasteiger partial charge in [-0.05, 0) is 18.8 Å². The second-order valence-corrected chi connectivity index (χ2v) is 5.38. The summed E-state index contributed by atoms with van der Waals surface area (Å²) in [4.78, 5) is 20.6. The molecule has 2 N–H and O–H groups in total. The minimum absolute atomic E-state index is 0.0944.